The molecule has 1 atom stereocenters. The summed E-state index contributed by atoms with van der Waals surface area (Å²) in [6, 6.07) is 27.1. The molecule has 4 aromatic rings. The Bertz CT molecular complexity index is 1340. The number of methoxy groups -OCH3 is 1. The van der Waals surface area contributed by atoms with E-state index in [2.05, 4.69) is 72.8 Å². The Kier molecular flexibility index (Phi) is 4.03. The zero-order valence-corrected chi connectivity index (χ0v) is 17.3. The summed E-state index contributed by atoms with van der Waals surface area (Å²) >= 11 is 0. The van der Waals surface area contributed by atoms with Crippen LogP contribution in [-0.2, 0) is 12.0 Å². The molecule has 152 valence electrons. The molecule has 0 radical (unpaired) electrons. The molecule has 0 aromatic heterocycles. The highest BCUT2D eigenvalue weighted by Gasteiger charge is 2.40. The van der Waals surface area contributed by atoms with Crippen LogP contribution in [0.4, 0.5) is 0 Å². The van der Waals surface area contributed by atoms with Crippen molar-refractivity contribution in [3.05, 3.63) is 107 Å². The largest absolute Gasteiger partial charge is 0.496 e. The van der Waals surface area contributed by atoms with Crippen molar-refractivity contribution in [1.29, 1.82) is 0 Å². The van der Waals surface area contributed by atoms with Gasteiger partial charge in [0.1, 0.15) is 17.2 Å². The van der Waals surface area contributed by atoms with Crippen LogP contribution in [0.3, 0.4) is 0 Å². The molecule has 2 heterocycles. The van der Waals surface area contributed by atoms with Crippen molar-refractivity contribution < 1.29 is 14.2 Å². The molecule has 4 aromatic carbocycles. The molecule has 0 bridgehead atoms. The lowest BCUT2D eigenvalue weighted by Gasteiger charge is -2.37. The monoisotopic (exact) mass is 406 g/mol. The maximum atomic E-state index is 6.89. The van der Waals surface area contributed by atoms with Crippen LogP contribution in [0.2, 0.25) is 0 Å². The maximum Gasteiger partial charge on any atom is 0.181 e. The van der Waals surface area contributed by atoms with Crippen LogP contribution in [0, 0.1) is 0 Å². The molecule has 0 saturated carbocycles. The van der Waals surface area contributed by atoms with Gasteiger partial charge in [-0.1, -0.05) is 54.6 Å². The van der Waals surface area contributed by atoms with Crippen molar-refractivity contribution in [2.75, 3.05) is 13.7 Å². The van der Waals surface area contributed by atoms with Gasteiger partial charge in [0.15, 0.2) is 5.60 Å². The smallest absolute Gasteiger partial charge is 0.181 e. The van der Waals surface area contributed by atoms with Crippen molar-refractivity contribution in [2.24, 2.45) is 0 Å². The minimum atomic E-state index is -0.792. The molecule has 0 N–H and O–H groups in total. The van der Waals surface area contributed by atoms with Gasteiger partial charge < -0.3 is 14.2 Å². The molecule has 31 heavy (non-hydrogen) atoms. The third-order valence-electron chi connectivity index (χ3n) is 6.31. The van der Waals surface area contributed by atoms with Crippen LogP contribution < -0.4 is 14.2 Å². The molecule has 3 nitrogen and oxygen atoms in total. The normalized spacial score (nSPS) is 18.7. The summed E-state index contributed by atoms with van der Waals surface area (Å²) in [5.74, 6) is 2.63. The molecule has 0 fully saturated rings. The Labute approximate surface area is 181 Å². The van der Waals surface area contributed by atoms with Gasteiger partial charge in [0.2, 0.25) is 0 Å². The van der Waals surface area contributed by atoms with E-state index in [0.717, 1.165) is 47.0 Å². The van der Waals surface area contributed by atoms with Crippen molar-refractivity contribution in [3.63, 3.8) is 0 Å². The fourth-order valence-corrected chi connectivity index (χ4v) is 4.77. The summed E-state index contributed by atoms with van der Waals surface area (Å²) in [7, 11) is 1.71. The van der Waals surface area contributed by atoms with E-state index >= 15 is 0 Å². The molecule has 0 spiro atoms. The molecule has 2 aliphatic rings. The van der Waals surface area contributed by atoms with Crippen molar-refractivity contribution >= 4 is 16.8 Å². The first-order chi connectivity index (χ1) is 15.3. The third kappa shape index (κ3) is 2.73. The first-order valence-electron chi connectivity index (χ1n) is 10.6. The van der Waals surface area contributed by atoms with Crippen LogP contribution in [0.25, 0.3) is 16.8 Å². The summed E-state index contributed by atoms with van der Waals surface area (Å²) in [5.41, 5.74) is 3.57. The fraction of sp³-hybridized carbons (Fsp3) is 0.143. The van der Waals surface area contributed by atoms with Crippen LogP contribution in [0.5, 0.6) is 17.2 Å². The Morgan fingerprint density at radius 2 is 1.71 bits per heavy atom. The van der Waals surface area contributed by atoms with E-state index < -0.39 is 5.60 Å². The molecular formula is C28H22O3. The first kappa shape index (κ1) is 18.1. The predicted molar refractivity (Wildman–Crippen MR) is 123 cm³/mol. The summed E-state index contributed by atoms with van der Waals surface area (Å²) in [5, 5.41) is 2.39. The highest BCUT2D eigenvalue weighted by molar-refractivity contribution is 5.94. The molecule has 0 saturated heterocycles. The van der Waals surface area contributed by atoms with E-state index in [0.29, 0.717) is 0 Å². The summed E-state index contributed by atoms with van der Waals surface area (Å²) in [6.45, 7) is 0.728. The van der Waals surface area contributed by atoms with Gasteiger partial charge in [0.25, 0.3) is 0 Å². The van der Waals surface area contributed by atoms with Crippen molar-refractivity contribution in [2.45, 2.75) is 12.0 Å². The van der Waals surface area contributed by atoms with Gasteiger partial charge in [-0.25, -0.2) is 0 Å². The third-order valence-corrected chi connectivity index (χ3v) is 6.31. The molecule has 1 unspecified atom stereocenters. The highest BCUT2D eigenvalue weighted by atomic mass is 16.5. The topological polar surface area (TPSA) is 27.7 Å². The van der Waals surface area contributed by atoms with Gasteiger partial charge in [-0.2, -0.15) is 0 Å². The van der Waals surface area contributed by atoms with Crippen LogP contribution in [0.1, 0.15) is 22.3 Å². The van der Waals surface area contributed by atoms with E-state index in [1.165, 1.54) is 16.3 Å². The lowest BCUT2D eigenvalue weighted by molar-refractivity contribution is 0.157. The maximum absolute atomic E-state index is 6.89. The van der Waals surface area contributed by atoms with Crippen molar-refractivity contribution in [1.82, 2.24) is 0 Å². The Morgan fingerprint density at radius 3 is 2.65 bits per heavy atom. The number of ether oxygens (including phenoxy) is 3. The molecule has 0 amide bonds. The number of fused-ring (bicyclic) bond motifs is 4. The summed E-state index contributed by atoms with van der Waals surface area (Å²) in [4.78, 5) is 0. The van der Waals surface area contributed by atoms with Gasteiger partial charge in [0, 0.05) is 23.1 Å². The Balaban J connectivity index is 1.60. The lowest BCUT2D eigenvalue weighted by Crippen LogP contribution is -2.34. The van der Waals surface area contributed by atoms with E-state index in [-0.39, 0.29) is 0 Å². The van der Waals surface area contributed by atoms with Gasteiger partial charge in [-0.3, -0.25) is 0 Å². The predicted octanol–water partition coefficient (Wildman–Crippen LogP) is 6.13. The van der Waals surface area contributed by atoms with Crippen molar-refractivity contribution in [3.8, 4) is 17.2 Å². The zero-order valence-electron chi connectivity index (χ0n) is 17.3. The van der Waals surface area contributed by atoms with Gasteiger partial charge in [0.05, 0.1) is 13.7 Å². The number of rotatable bonds is 3. The fourth-order valence-electron chi connectivity index (χ4n) is 4.77. The summed E-state index contributed by atoms with van der Waals surface area (Å²) in [6.07, 6.45) is 5.27. The van der Waals surface area contributed by atoms with Gasteiger partial charge >= 0.3 is 0 Å². The quantitative estimate of drug-likeness (QED) is 0.409. The second-order valence-corrected chi connectivity index (χ2v) is 7.99. The van der Waals surface area contributed by atoms with E-state index in [1.54, 1.807) is 7.11 Å². The number of hydrogen-bond acceptors (Lipinski definition) is 3. The van der Waals surface area contributed by atoms with E-state index in [4.69, 9.17) is 14.2 Å². The Hall–Kier alpha value is -3.72. The minimum Gasteiger partial charge on any atom is -0.496 e. The van der Waals surface area contributed by atoms with Crippen LogP contribution in [0.15, 0.2) is 84.9 Å². The molecular weight excluding hydrogens is 384 g/mol. The molecule has 0 aliphatic carbocycles. The second kappa shape index (κ2) is 6.92. The molecule has 6 rings (SSSR count). The highest BCUT2D eigenvalue weighted by Crippen LogP contribution is 2.47. The summed E-state index contributed by atoms with van der Waals surface area (Å²) < 4.78 is 18.4. The molecule has 2 aliphatic heterocycles. The molecule has 3 heteroatoms. The first-order valence-corrected chi connectivity index (χ1v) is 10.6. The second-order valence-electron chi connectivity index (χ2n) is 7.99. The van der Waals surface area contributed by atoms with Gasteiger partial charge in [-0.15, -0.1) is 0 Å². The number of benzene rings is 4. The Morgan fingerprint density at radius 1 is 0.871 bits per heavy atom. The zero-order chi connectivity index (χ0) is 20.8. The van der Waals surface area contributed by atoms with Crippen LogP contribution >= 0.6 is 0 Å². The number of hydrogen-bond donors (Lipinski definition) is 0. The van der Waals surface area contributed by atoms with E-state index in [9.17, 15) is 0 Å². The average molecular weight is 406 g/mol. The SMILES string of the molecule is COc1ccccc1C1(c2ccc3c(c2)CCO3)C=Cc2c(ccc3ccccc23)O1. The minimum absolute atomic E-state index is 0.728. The average Bonchev–Trinajstić information content (AvgIpc) is 3.31. The number of para-hydroxylation sites is 1. The van der Waals surface area contributed by atoms with Gasteiger partial charge in [-0.05, 0) is 52.8 Å². The van der Waals surface area contributed by atoms with E-state index in [1.807, 2.05) is 18.2 Å². The lowest BCUT2D eigenvalue weighted by atomic mass is 9.82. The van der Waals surface area contributed by atoms with Crippen LogP contribution in [-0.4, -0.2) is 13.7 Å². The standard InChI is InChI=1S/C28H22O3/c1-29-27-9-5-4-8-24(27)28(21-11-13-25-20(18-21)15-17-30-25)16-14-23-22-7-3-2-6-19(22)10-12-26(23)31-28/h2-14,16,18H,15,17H2,1H3.